The van der Waals surface area contributed by atoms with Crippen LogP contribution in [0.4, 0.5) is 5.69 Å². The molecule has 0 saturated carbocycles. The number of benzene rings is 1. The Hall–Kier alpha value is -1.22. The van der Waals surface area contributed by atoms with Crippen LogP contribution in [0.3, 0.4) is 0 Å². The molecule has 1 aliphatic heterocycles. The lowest BCUT2D eigenvalue weighted by atomic mass is 10.1. The van der Waals surface area contributed by atoms with E-state index in [0.29, 0.717) is 0 Å². The number of hydrogen-bond acceptors (Lipinski definition) is 3. The summed E-state index contributed by atoms with van der Waals surface area (Å²) in [6.07, 6.45) is 1.21. The van der Waals surface area contributed by atoms with E-state index in [4.69, 9.17) is 4.74 Å². The van der Waals surface area contributed by atoms with Crippen molar-refractivity contribution in [2.24, 2.45) is 0 Å². The van der Waals surface area contributed by atoms with Gasteiger partial charge in [-0.1, -0.05) is 0 Å². The molecule has 1 saturated heterocycles. The number of aryl methyl sites for hydroxylation is 1. The van der Waals surface area contributed by atoms with Crippen LogP contribution in [0.2, 0.25) is 0 Å². The van der Waals surface area contributed by atoms with Crippen molar-refractivity contribution in [2.45, 2.75) is 13.3 Å². The molecule has 0 aliphatic carbocycles. The van der Waals surface area contributed by atoms with Crippen LogP contribution in [0.15, 0.2) is 18.2 Å². The molecule has 3 heteroatoms. The predicted octanol–water partition coefficient (Wildman–Crippen LogP) is 1.80. The van der Waals surface area contributed by atoms with E-state index in [1.807, 2.05) is 6.07 Å². The van der Waals surface area contributed by atoms with E-state index < -0.39 is 0 Å². The zero-order valence-corrected chi connectivity index (χ0v) is 10.1. The fourth-order valence-electron chi connectivity index (χ4n) is 2.20. The van der Waals surface area contributed by atoms with Gasteiger partial charge in [-0.2, -0.15) is 0 Å². The Morgan fingerprint density at radius 1 is 1.25 bits per heavy atom. The van der Waals surface area contributed by atoms with Crippen LogP contribution in [-0.2, 0) is 0 Å². The van der Waals surface area contributed by atoms with E-state index in [9.17, 15) is 0 Å². The summed E-state index contributed by atoms with van der Waals surface area (Å²) >= 11 is 0. The monoisotopic (exact) mass is 220 g/mol. The first kappa shape index (κ1) is 11.3. The second-order valence-electron chi connectivity index (χ2n) is 4.24. The van der Waals surface area contributed by atoms with Crippen molar-refractivity contribution in [3.63, 3.8) is 0 Å². The van der Waals surface area contributed by atoms with E-state index in [1.54, 1.807) is 7.11 Å². The molecular weight excluding hydrogens is 200 g/mol. The number of nitrogens with zero attached hydrogens (tertiary/aromatic N) is 1. The Morgan fingerprint density at radius 3 is 2.88 bits per heavy atom. The first-order chi connectivity index (χ1) is 7.81. The van der Waals surface area contributed by atoms with Gasteiger partial charge in [-0.3, -0.25) is 0 Å². The normalized spacial score (nSPS) is 17.0. The van der Waals surface area contributed by atoms with Crippen molar-refractivity contribution in [2.75, 3.05) is 38.2 Å². The number of ether oxygens (including phenoxy) is 1. The molecule has 88 valence electrons. The van der Waals surface area contributed by atoms with Crippen LogP contribution >= 0.6 is 0 Å². The molecule has 0 amide bonds. The summed E-state index contributed by atoms with van der Waals surface area (Å²) in [4.78, 5) is 2.45. The number of rotatable bonds is 2. The highest BCUT2D eigenvalue weighted by atomic mass is 16.5. The fourth-order valence-corrected chi connectivity index (χ4v) is 2.20. The summed E-state index contributed by atoms with van der Waals surface area (Å²) in [7, 11) is 1.71. The maximum absolute atomic E-state index is 5.23. The molecule has 1 aromatic carbocycles. The molecule has 3 nitrogen and oxygen atoms in total. The van der Waals surface area contributed by atoms with Gasteiger partial charge in [0.1, 0.15) is 5.75 Å². The fraction of sp³-hybridized carbons (Fsp3) is 0.538. The molecule has 0 spiro atoms. The first-order valence-electron chi connectivity index (χ1n) is 5.91. The van der Waals surface area contributed by atoms with Crippen LogP contribution < -0.4 is 15.0 Å². The van der Waals surface area contributed by atoms with Crippen LogP contribution in [0.5, 0.6) is 5.75 Å². The van der Waals surface area contributed by atoms with Gasteiger partial charge in [-0.15, -0.1) is 0 Å². The largest absolute Gasteiger partial charge is 0.497 e. The Balaban J connectivity index is 2.18. The summed E-state index contributed by atoms with van der Waals surface area (Å²) in [6, 6.07) is 6.31. The third kappa shape index (κ3) is 2.47. The number of nitrogens with one attached hydrogen (secondary N) is 1. The second-order valence-corrected chi connectivity index (χ2v) is 4.24. The molecule has 1 heterocycles. The van der Waals surface area contributed by atoms with Gasteiger partial charge in [0, 0.05) is 25.3 Å². The Bertz CT molecular complexity index is 344. The molecule has 2 rings (SSSR count). The van der Waals surface area contributed by atoms with Gasteiger partial charge in [0.15, 0.2) is 0 Å². The summed E-state index contributed by atoms with van der Waals surface area (Å²) in [5.74, 6) is 0.939. The highest BCUT2D eigenvalue weighted by Crippen LogP contribution is 2.24. The highest BCUT2D eigenvalue weighted by Gasteiger charge is 2.11. The lowest BCUT2D eigenvalue weighted by Crippen LogP contribution is -2.28. The minimum atomic E-state index is 0.939. The summed E-state index contributed by atoms with van der Waals surface area (Å²) < 4.78 is 5.23. The maximum Gasteiger partial charge on any atom is 0.119 e. The molecule has 0 aromatic heterocycles. The molecule has 1 aromatic rings. The Labute approximate surface area is 97.4 Å². The van der Waals surface area contributed by atoms with Gasteiger partial charge in [0.25, 0.3) is 0 Å². The standard InChI is InChI=1S/C13H20N2O/c1-11-10-12(16-2)4-5-13(11)15-8-3-6-14-7-9-15/h4-5,10,14H,3,6-9H2,1-2H3. The zero-order valence-electron chi connectivity index (χ0n) is 10.1. The molecule has 0 radical (unpaired) electrons. The molecular formula is C13H20N2O. The van der Waals surface area contributed by atoms with Crippen molar-refractivity contribution in [1.82, 2.24) is 5.32 Å². The van der Waals surface area contributed by atoms with Crippen LogP contribution in [0.25, 0.3) is 0 Å². The van der Waals surface area contributed by atoms with Gasteiger partial charge in [0.2, 0.25) is 0 Å². The molecule has 1 N–H and O–H groups in total. The smallest absolute Gasteiger partial charge is 0.119 e. The SMILES string of the molecule is COc1ccc(N2CCCNCC2)c(C)c1. The molecule has 0 bridgehead atoms. The van der Waals surface area contributed by atoms with Crippen molar-refractivity contribution in [3.05, 3.63) is 23.8 Å². The molecule has 0 unspecified atom stereocenters. The predicted molar refractivity (Wildman–Crippen MR) is 67.4 cm³/mol. The second kappa shape index (κ2) is 5.21. The Morgan fingerprint density at radius 2 is 2.12 bits per heavy atom. The number of hydrogen-bond donors (Lipinski definition) is 1. The van der Waals surface area contributed by atoms with Gasteiger partial charge in [-0.25, -0.2) is 0 Å². The van der Waals surface area contributed by atoms with Crippen molar-refractivity contribution in [1.29, 1.82) is 0 Å². The molecule has 0 atom stereocenters. The first-order valence-corrected chi connectivity index (χ1v) is 5.91. The van der Waals surface area contributed by atoms with Crippen LogP contribution in [0, 0.1) is 6.92 Å². The highest BCUT2D eigenvalue weighted by molar-refractivity contribution is 5.55. The summed E-state index contributed by atoms with van der Waals surface area (Å²) in [5.41, 5.74) is 2.63. The van der Waals surface area contributed by atoms with Gasteiger partial charge in [-0.05, 0) is 43.7 Å². The average molecular weight is 220 g/mol. The molecule has 16 heavy (non-hydrogen) atoms. The summed E-state index contributed by atoms with van der Waals surface area (Å²) in [5, 5.41) is 3.42. The minimum absolute atomic E-state index is 0.939. The lowest BCUT2D eigenvalue weighted by Gasteiger charge is -2.24. The lowest BCUT2D eigenvalue weighted by molar-refractivity contribution is 0.414. The molecule has 1 aliphatic rings. The zero-order chi connectivity index (χ0) is 11.4. The maximum atomic E-state index is 5.23. The van der Waals surface area contributed by atoms with Crippen molar-refractivity contribution < 1.29 is 4.74 Å². The van der Waals surface area contributed by atoms with Gasteiger partial charge < -0.3 is 15.0 Å². The third-order valence-electron chi connectivity index (χ3n) is 3.08. The van der Waals surface area contributed by atoms with Crippen molar-refractivity contribution in [3.8, 4) is 5.75 Å². The van der Waals surface area contributed by atoms with E-state index in [-0.39, 0.29) is 0 Å². The van der Waals surface area contributed by atoms with Gasteiger partial charge in [0.05, 0.1) is 7.11 Å². The van der Waals surface area contributed by atoms with Crippen LogP contribution in [0.1, 0.15) is 12.0 Å². The summed E-state index contributed by atoms with van der Waals surface area (Å²) in [6.45, 7) is 6.58. The van der Waals surface area contributed by atoms with E-state index in [2.05, 4.69) is 29.3 Å². The number of methoxy groups -OCH3 is 1. The Kier molecular flexibility index (Phi) is 3.67. The van der Waals surface area contributed by atoms with Gasteiger partial charge >= 0.3 is 0 Å². The minimum Gasteiger partial charge on any atom is -0.497 e. The van der Waals surface area contributed by atoms with E-state index in [1.165, 1.54) is 17.7 Å². The average Bonchev–Trinajstić information content (AvgIpc) is 2.57. The third-order valence-corrected chi connectivity index (χ3v) is 3.08. The van der Waals surface area contributed by atoms with Crippen molar-refractivity contribution >= 4 is 5.69 Å². The van der Waals surface area contributed by atoms with Crippen LogP contribution in [-0.4, -0.2) is 33.3 Å². The quantitative estimate of drug-likeness (QED) is 0.822. The van der Waals surface area contributed by atoms with E-state index >= 15 is 0 Å². The topological polar surface area (TPSA) is 24.5 Å². The molecule has 1 fully saturated rings. The number of anilines is 1. The van der Waals surface area contributed by atoms with E-state index in [0.717, 1.165) is 31.9 Å².